The van der Waals surface area contributed by atoms with E-state index in [2.05, 4.69) is 5.32 Å². The molecule has 2 fully saturated rings. The molecule has 1 aromatic carbocycles. The first-order valence-electron chi connectivity index (χ1n) is 10.1. The topological polar surface area (TPSA) is 69.7 Å². The van der Waals surface area contributed by atoms with Gasteiger partial charge in [0.2, 0.25) is 0 Å². The van der Waals surface area contributed by atoms with E-state index in [0.29, 0.717) is 16.7 Å². The van der Waals surface area contributed by atoms with Crippen molar-refractivity contribution < 1.29 is 14.4 Å². The number of piperidine rings is 1. The van der Waals surface area contributed by atoms with Gasteiger partial charge < -0.3 is 10.2 Å². The van der Waals surface area contributed by atoms with Gasteiger partial charge in [-0.25, -0.2) is 0 Å². The molecule has 3 aliphatic rings. The van der Waals surface area contributed by atoms with E-state index in [-0.39, 0.29) is 29.8 Å². The number of carbonyl (C=O) groups excluding carboxylic acids is 3. The van der Waals surface area contributed by atoms with Gasteiger partial charge in [0, 0.05) is 24.7 Å². The maximum Gasteiger partial charge on any atom is 0.261 e. The molecule has 0 aromatic heterocycles. The van der Waals surface area contributed by atoms with Gasteiger partial charge in [-0.3, -0.25) is 19.3 Å². The Bertz CT molecular complexity index is 764. The molecule has 1 aromatic rings. The maximum atomic E-state index is 12.9. The van der Waals surface area contributed by atoms with Gasteiger partial charge in [-0.15, -0.1) is 0 Å². The molecular weight excluding hydrogens is 342 g/mol. The lowest BCUT2D eigenvalue weighted by Crippen LogP contribution is -2.44. The molecule has 3 amide bonds. The summed E-state index contributed by atoms with van der Waals surface area (Å²) in [7, 11) is 1.83. The van der Waals surface area contributed by atoms with E-state index in [4.69, 9.17) is 0 Å². The van der Waals surface area contributed by atoms with Crippen molar-refractivity contribution in [1.82, 2.24) is 15.1 Å². The summed E-state index contributed by atoms with van der Waals surface area (Å²) >= 11 is 0. The second-order valence-corrected chi connectivity index (χ2v) is 7.93. The van der Waals surface area contributed by atoms with Crippen LogP contribution in [0.15, 0.2) is 18.2 Å². The summed E-state index contributed by atoms with van der Waals surface area (Å²) in [5.74, 6) is -0.519. The van der Waals surface area contributed by atoms with Crippen molar-refractivity contribution in [1.29, 1.82) is 0 Å². The third-order valence-corrected chi connectivity index (χ3v) is 6.28. The fourth-order valence-electron chi connectivity index (χ4n) is 4.63. The van der Waals surface area contributed by atoms with Gasteiger partial charge in [0.25, 0.3) is 17.7 Å². The van der Waals surface area contributed by atoms with Crippen molar-refractivity contribution in [3.05, 3.63) is 34.9 Å². The van der Waals surface area contributed by atoms with Crippen molar-refractivity contribution in [2.45, 2.75) is 57.0 Å². The number of carbonyl (C=O) groups is 3. The molecule has 1 saturated carbocycles. The standard InChI is InChI=1S/C21H27N3O3/c1-23(15-9-11-22-12-10-15)19(25)14-7-8-17-18(13-14)21(27)24(20(17)26)16-5-3-2-4-6-16/h7-8,13,15-16,22H,2-6,9-12H2,1H3. The monoisotopic (exact) mass is 369 g/mol. The van der Waals surface area contributed by atoms with Gasteiger partial charge >= 0.3 is 0 Å². The highest BCUT2D eigenvalue weighted by molar-refractivity contribution is 6.22. The van der Waals surface area contributed by atoms with Crippen LogP contribution in [0.1, 0.15) is 76.0 Å². The van der Waals surface area contributed by atoms with Crippen LogP contribution < -0.4 is 5.32 Å². The third kappa shape index (κ3) is 3.27. The maximum absolute atomic E-state index is 12.9. The number of rotatable bonds is 3. The van der Waals surface area contributed by atoms with Crippen LogP contribution in [0.2, 0.25) is 0 Å². The summed E-state index contributed by atoms with van der Waals surface area (Å²) < 4.78 is 0. The van der Waals surface area contributed by atoms with Gasteiger partial charge in [0.05, 0.1) is 11.1 Å². The minimum absolute atomic E-state index is 0.00251. The molecule has 0 spiro atoms. The number of imide groups is 1. The molecule has 6 nitrogen and oxygen atoms in total. The van der Waals surface area contributed by atoms with Crippen LogP contribution in [0.25, 0.3) is 0 Å². The second-order valence-electron chi connectivity index (χ2n) is 7.93. The summed E-state index contributed by atoms with van der Waals surface area (Å²) in [6.07, 6.45) is 6.92. The van der Waals surface area contributed by atoms with Crippen LogP contribution in [0, 0.1) is 0 Å². The number of hydrogen-bond donors (Lipinski definition) is 1. The highest BCUT2D eigenvalue weighted by Crippen LogP contribution is 2.31. The predicted molar refractivity (Wildman–Crippen MR) is 102 cm³/mol. The lowest BCUT2D eigenvalue weighted by atomic mass is 9.94. The fourth-order valence-corrected chi connectivity index (χ4v) is 4.63. The van der Waals surface area contributed by atoms with Crippen LogP contribution in [0.4, 0.5) is 0 Å². The zero-order valence-electron chi connectivity index (χ0n) is 15.9. The van der Waals surface area contributed by atoms with Crippen molar-refractivity contribution in [2.75, 3.05) is 20.1 Å². The molecule has 6 heteroatoms. The minimum atomic E-state index is -0.235. The second kappa shape index (κ2) is 7.43. The molecule has 2 heterocycles. The molecule has 1 saturated heterocycles. The molecule has 144 valence electrons. The van der Waals surface area contributed by atoms with Gasteiger partial charge in [0.15, 0.2) is 0 Å². The Balaban J connectivity index is 1.56. The number of fused-ring (bicyclic) bond motifs is 1. The molecule has 27 heavy (non-hydrogen) atoms. The van der Waals surface area contributed by atoms with E-state index in [9.17, 15) is 14.4 Å². The summed E-state index contributed by atoms with van der Waals surface area (Å²) in [5.41, 5.74) is 1.31. The van der Waals surface area contributed by atoms with E-state index in [1.807, 2.05) is 7.05 Å². The van der Waals surface area contributed by atoms with E-state index in [1.54, 1.807) is 23.1 Å². The third-order valence-electron chi connectivity index (χ3n) is 6.28. The molecule has 0 bridgehead atoms. The molecule has 1 aliphatic carbocycles. The molecule has 0 radical (unpaired) electrons. The van der Waals surface area contributed by atoms with Gasteiger partial charge in [-0.1, -0.05) is 19.3 Å². The molecule has 0 unspecified atom stereocenters. The highest BCUT2D eigenvalue weighted by atomic mass is 16.2. The van der Waals surface area contributed by atoms with Crippen molar-refractivity contribution >= 4 is 17.7 Å². The largest absolute Gasteiger partial charge is 0.339 e. The van der Waals surface area contributed by atoms with Crippen LogP contribution >= 0.6 is 0 Å². The predicted octanol–water partition coefficient (Wildman–Crippen LogP) is 2.44. The number of nitrogens with one attached hydrogen (secondary N) is 1. The van der Waals surface area contributed by atoms with E-state index in [0.717, 1.165) is 51.6 Å². The number of hydrogen-bond acceptors (Lipinski definition) is 4. The van der Waals surface area contributed by atoms with Crippen LogP contribution in [-0.4, -0.2) is 59.7 Å². The Labute approximate surface area is 159 Å². The van der Waals surface area contributed by atoms with Gasteiger partial charge in [0.1, 0.15) is 0 Å². The molecule has 4 rings (SSSR count). The molecule has 0 atom stereocenters. The smallest absolute Gasteiger partial charge is 0.261 e. The molecule has 2 aliphatic heterocycles. The number of amides is 3. The summed E-state index contributed by atoms with van der Waals surface area (Å²) in [5, 5.41) is 3.30. The van der Waals surface area contributed by atoms with Crippen LogP contribution in [0.5, 0.6) is 0 Å². The zero-order valence-corrected chi connectivity index (χ0v) is 15.9. The first-order valence-corrected chi connectivity index (χ1v) is 10.1. The zero-order chi connectivity index (χ0) is 19.0. The van der Waals surface area contributed by atoms with Crippen LogP contribution in [-0.2, 0) is 0 Å². The lowest BCUT2D eigenvalue weighted by molar-refractivity contribution is 0.0548. The van der Waals surface area contributed by atoms with E-state index in [1.165, 1.54) is 11.3 Å². The normalized spacial score (nSPS) is 21.4. The number of benzene rings is 1. The van der Waals surface area contributed by atoms with Crippen molar-refractivity contribution in [2.24, 2.45) is 0 Å². The van der Waals surface area contributed by atoms with Crippen molar-refractivity contribution in [3.8, 4) is 0 Å². The van der Waals surface area contributed by atoms with E-state index >= 15 is 0 Å². The van der Waals surface area contributed by atoms with Crippen molar-refractivity contribution in [3.63, 3.8) is 0 Å². The summed E-state index contributed by atoms with van der Waals surface area (Å²) in [4.78, 5) is 41.8. The Morgan fingerprint density at radius 2 is 1.67 bits per heavy atom. The first kappa shape index (κ1) is 18.2. The fraction of sp³-hybridized carbons (Fsp3) is 0.571. The van der Waals surface area contributed by atoms with Gasteiger partial charge in [-0.2, -0.15) is 0 Å². The first-order chi connectivity index (χ1) is 13.1. The SMILES string of the molecule is CN(C(=O)c1ccc2c(c1)C(=O)N(C1CCCCC1)C2=O)C1CCNCC1. The Hall–Kier alpha value is -2.21. The summed E-state index contributed by atoms with van der Waals surface area (Å²) in [6, 6.07) is 5.18. The highest BCUT2D eigenvalue weighted by Gasteiger charge is 2.40. The average Bonchev–Trinajstić information content (AvgIpc) is 2.98. The Morgan fingerprint density at radius 1 is 1.00 bits per heavy atom. The quantitative estimate of drug-likeness (QED) is 0.831. The Morgan fingerprint density at radius 3 is 2.37 bits per heavy atom. The molecular formula is C21H27N3O3. The molecule has 1 N–H and O–H groups in total. The summed E-state index contributed by atoms with van der Waals surface area (Å²) in [6.45, 7) is 1.83. The van der Waals surface area contributed by atoms with Crippen LogP contribution in [0.3, 0.4) is 0 Å². The minimum Gasteiger partial charge on any atom is -0.339 e. The Kier molecular flexibility index (Phi) is 5.00. The average molecular weight is 369 g/mol. The van der Waals surface area contributed by atoms with Gasteiger partial charge in [-0.05, 0) is 57.0 Å². The lowest BCUT2D eigenvalue weighted by Gasteiger charge is -2.31. The number of nitrogens with zero attached hydrogens (tertiary/aromatic N) is 2. The van der Waals surface area contributed by atoms with E-state index < -0.39 is 0 Å².